The lowest BCUT2D eigenvalue weighted by molar-refractivity contribution is 0.198. The van der Waals surface area contributed by atoms with Crippen LogP contribution in [0, 0.1) is 0 Å². The van der Waals surface area contributed by atoms with Gasteiger partial charge in [0.15, 0.2) is 17.5 Å². The molecule has 5 nitrogen and oxygen atoms in total. The Morgan fingerprint density at radius 3 is 2.64 bits per heavy atom. The van der Waals surface area contributed by atoms with Crippen LogP contribution in [0.4, 0.5) is 0 Å². The maximum atomic E-state index is 6.27. The molecule has 1 fully saturated rings. The minimum Gasteiger partial charge on any atom is -0.493 e. The second kappa shape index (κ2) is 11.4. The summed E-state index contributed by atoms with van der Waals surface area (Å²) in [6.45, 7) is 4.95. The topological polar surface area (TPSA) is 54.9 Å². The Labute approximate surface area is 169 Å². The Balaban J connectivity index is 0.00000312. The zero-order valence-electron chi connectivity index (χ0n) is 15.8. The first-order valence-corrected chi connectivity index (χ1v) is 8.97. The quantitative estimate of drug-likeness (QED) is 0.365. The summed E-state index contributed by atoms with van der Waals surface area (Å²) in [5.74, 6) is 2.46. The van der Waals surface area contributed by atoms with Crippen LogP contribution >= 0.6 is 24.0 Å². The van der Waals surface area contributed by atoms with Crippen molar-refractivity contribution in [1.29, 1.82) is 0 Å². The fraction of sp³-hybridized carbons (Fsp3) is 0.632. The van der Waals surface area contributed by atoms with Crippen LogP contribution in [0.2, 0.25) is 0 Å². The largest absolute Gasteiger partial charge is 0.493 e. The van der Waals surface area contributed by atoms with Crippen molar-refractivity contribution in [3.05, 3.63) is 23.8 Å². The van der Waals surface area contributed by atoms with Crippen LogP contribution in [0.1, 0.15) is 51.5 Å². The predicted octanol–water partition coefficient (Wildman–Crippen LogP) is 4.10. The van der Waals surface area contributed by atoms with Gasteiger partial charge in [0.1, 0.15) is 0 Å². The van der Waals surface area contributed by atoms with Crippen LogP contribution in [0.25, 0.3) is 0 Å². The van der Waals surface area contributed by atoms with Crippen molar-refractivity contribution >= 4 is 29.9 Å². The third-order valence-electron chi connectivity index (χ3n) is 4.53. The highest BCUT2D eigenvalue weighted by molar-refractivity contribution is 14.0. The molecule has 0 amide bonds. The second-order valence-corrected chi connectivity index (χ2v) is 6.35. The Morgan fingerprint density at radius 1 is 1.32 bits per heavy atom. The van der Waals surface area contributed by atoms with E-state index in [1.54, 1.807) is 14.2 Å². The Bertz CT molecular complexity index is 545. The normalized spacial score (nSPS) is 16.1. The number of benzene rings is 1. The number of rotatable bonds is 7. The lowest BCUT2D eigenvalue weighted by Crippen LogP contribution is -2.41. The van der Waals surface area contributed by atoms with Crippen LogP contribution < -0.4 is 20.1 Å². The van der Waals surface area contributed by atoms with Crippen LogP contribution in [-0.2, 0) is 6.54 Å². The summed E-state index contributed by atoms with van der Waals surface area (Å²) in [7, 11) is 3.48. The zero-order chi connectivity index (χ0) is 17.4. The van der Waals surface area contributed by atoms with Crippen molar-refractivity contribution in [2.24, 2.45) is 4.99 Å². The molecule has 1 aromatic carbocycles. The van der Waals surface area contributed by atoms with Gasteiger partial charge in [0.2, 0.25) is 0 Å². The van der Waals surface area contributed by atoms with E-state index in [1.165, 1.54) is 12.8 Å². The van der Waals surface area contributed by atoms with E-state index in [4.69, 9.17) is 9.47 Å². The maximum absolute atomic E-state index is 6.27. The van der Waals surface area contributed by atoms with Crippen LogP contribution in [-0.4, -0.2) is 32.3 Å². The van der Waals surface area contributed by atoms with Crippen molar-refractivity contribution in [2.75, 3.05) is 14.2 Å². The summed E-state index contributed by atoms with van der Waals surface area (Å²) in [5, 5.41) is 6.75. The summed E-state index contributed by atoms with van der Waals surface area (Å²) >= 11 is 0. The molecule has 1 aliphatic carbocycles. The first-order chi connectivity index (χ1) is 11.7. The molecular formula is C19H32IN3O2. The number of ether oxygens (including phenoxy) is 2. The Morgan fingerprint density at radius 2 is 2.04 bits per heavy atom. The highest BCUT2D eigenvalue weighted by Gasteiger charge is 2.20. The number of aliphatic imine (C=N–C) groups is 1. The summed E-state index contributed by atoms with van der Waals surface area (Å²) in [4.78, 5) is 4.29. The van der Waals surface area contributed by atoms with E-state index in [0.29, 0.717) is 18.7 Å². The first-order valence-electron chi connectivity index (χ1n) is 8.97. The van der Waals surface area contributed by atoms with Gasteiger partial charge in [-0.25, -0.2) is 0 Å². The highest BCUT2D eigenvalue weighted by Crippen LogP contribution is 2.34. The van der Waals surface area contributed by atoms with Gasteiger partial charge in [-0.15, -0.1) is 24.0 Å². The number of nitrogens with zero attached hydrogens (tertiary/aromatic N) is 1. The van der Waals surface area contributed by atoms with Gasteiger partial charge in [-0.3, -0.25) is 4.99 Å². The molecule has 1 atom stereocenters. The highest BCUT2D eigenvalue weighted by atomic mass is 127. The fourth-order valence-electron chi connectivity index (χ4n) is 2.88. The molecule has 1 aliphatic rings. The molecular weight excluding hydrogens is 429 g/mol. The number of halogens is 1. The molecule has 0 aliphatic heterocycles. The van der Waals surface area contributed by atoms with E-state index in [0.717, 1.165) is 42.3 Å². The van der Waals surface area contributed by atoms with Crippen molar-refractivity contribution in [3.8, 4) is 11.5 Å². The smallest absolute Gasteiger partial charge is 0.191 e. The minimum absolute atomic E-state index is 0. The van der Waals surface area contributed by atoms with Gasteiger partial charge in [0, 0.05) is 25.2 Å². The van der Waals surface area contributed by atoms with E-state index >= 15 is 0 Å². The van der Waals surface area contributed by atoms with E-state index in [1.807, 2.05) is 12.1 Å². The number of para-hydroxylation sites is 1. The molecule has 0 bridgehead atoms. The van der Waals surface area contributed by atoms with Crippen molar-refractivity contribution in [1.82, 2.24) is 10.6 Å². The van der Waals surface area contributed by atoms with Gasteiger partial charge in [-0.2, -0.15) is 0 Å². The average molecular weight is 461 g/mol. The van der Waals surface area contributed by atoms with Gasteiger partial charge >= 0.3 is 0 Å². The van der Waals surface area contributed by atoms with Crippen LogP contribution in [0.3, 0.4) is 0 Å². The standard InChI is InChI=1S/C19H31N3O2.HI/c1-5-14(2)22-19(20-3)21-13-15-9-8-12-17(23-4)18(15)24-16-10-6-7-11-16;/h8-9,12,14,16H,5-7,10-11,13H2,1-4H3,(H2,20,21,22);1H. The molecule has 1 aromatic rings. The number of hydrogen-bond acceptors (Lipinski definition) is 3. The third-order valence-corrected chi connectivity index (χ3v) is 4.53. The SMILES string of the molecule is CCC(C)NC(=NC)NCc1cccc(OC)c1OC1CCCC1.I. The molecule has 2 N–H and O–H groups in total. The van der Waals surface area contributed by atoms with Crippen molar-refractivity contribution < 1.29 is 9.47 Å². The predicted molar refractivity (Wildman–Crippen MR) is 114 cm³/mol. The van der Waals surface area contributed by atoms with E-state index in [2.05, 4.69) is 35.5 Å². The average Bonchev–Trinajstić information content (AvgIpc) is 3.12. The van der Waals surface area contributed by atoms with Crippen LogP contribution in [0.15, 0.2) is 23.2 Å². The molecule has 25 heavy (non-hydrogen) atoms. The lowest BCUT2D eigenvalue weighted by Gasteiger charge is -2.21. The van der Waals surface area contributed by atoms with Gasteiger partial charge < -0.3 is 20.1 Å². The van der Waals surface area contributed by atoms with Gasteiger partial charge in [-0.1, -0.05) is 19.1 Å². The molecule has 2 rings (SSSR count). The van der Waals surface area contributed by atoms with E-state index in [9.17, 15) is 0 Å². The molecule has 0 saturated heterocycles. The number of methoxy groups -OCH3 is 1. The third kappa shape index (κ3) is 6.56. The molecule has 0 radical (unpaired) electrons. The van der Waals surface area contributed by atoms with E-state index in [-0.39, 0.29) is 24.0 Å². The molecule has 6 heteroatoms. The van der Waals surface area contributed by atoms with Crippen molar-refractivity contribution in [2.45, 2.75) is 64.6 Å². The van der Waals surface area contributed by atoms with Gasteiger partial charge in [-0.05, 0) is 45.1 Å². The molecule has 0 heterocycles. The molecule has 0 spiro atoms. The zero-order valence-corrected chi connectivity index (χ0v) is 18.1. The number of hydrogen-bond donors (Lipinski definition) is 2. The van der Waals surface area contributed by atoms with E-state index < -0.39 is 0 Å². The Kier molecular flexibility index (Phi) is 10.0. The Hall–Kier alpha value is -1.18. The number of nitrogens with one attached hydrogen (secondary N) is 2. The molecule has 0 aromatic heterocycles. The minimum atomic E-state index is 0. The molecule has 1 unspecified atom stereocenters. The summed E-state index contributed by atoms with van der Waals surface area (Å²) in [6, 6.07) is 6.43. The molecule has 142 valence electrons. The lowest BCUT2D eigenvalue weighted by atomic mass is 10.1. The second-order valence-electron chi connectivity index (χ2n) is 6.35. The maximum Gasteiger partial charge on any atom is 0.191 e. The fourth-order valence-corrected chi connectivity index (χ4v) is 2.88. The van der Waals surface area contributed by atoms with Gasteiger partial charge in [0.25, 0.3) is 0 Å². The van der Waals surface area contributed by atoms with Crippen LogP contribution in [0.5, 0.6) is 11.5 Å². The summed E-state index contributed by atoms with van der Waals surface area (Å²) in [6.07, 6.45) is 6.11. The van der Waals surface area contributed by atoms with Gasteiger partial charge in [0.05, 0.1) is 13.2 Å². The summed E-state index contributed by atoms with van der Waals surface area (Å²) in [5.41, 5.74) is 1.09. The number of guanidine groups is 1. The summed E-state index contributed by atoms with van der Waals surface area (Å²) < 4.78 is 11.8. The van der Waals surface area contributed by atoms with Crippen molar-refractivity contribution in [3.63, 3.8) is 0 Å². The first kappa shape index (κ1) is 21.9. The molecule has 1 saturated carbocycles. The monoisotopic (exact) mass is 461 g/mol.